The lowest BCUT2D eigenvalue weighted by Gasteiger charge is -2.39. The topological polar surface area (TPSA) is 569 Å². The zero-order valence-corrected chi connectivity index (χ0v) is 75.6. The minimum atomic E-state index is -1.85. The fourth-order valence-corrected chi connectivity index (χ4v) is 18.0. The van der Waals surface area contributed by atoms with Gasteiger partial charge in [0.25, 0.3) is 0 Å². The molecule has 12 amide bonds. The molecule has 2 heterocycles. The number of hydrogen-bond donors (Lipinski definition) is 17. The molecule has 12 atom stereocenters. The van der Waals surface area contributed by atoms with E-state index in [1.165, 1.54) is 20.8 Å². The van der Waals surface area contributed by atoms with Crippen molar-refractivity contribution in [2.24, 2.45) is 45.9 Å². The number of ether oxygens (including phenoxy) is 1. The van der Waals surface area contributed by atoms with Gasteiger partial charge in [-0.05, 0) is 177 Å². The van der Waals surface area contributed by atoms with Gasteiger partial charge in [-0.3, -0.25) is 76.7 Å². The number of aliphatic hydroxyl groups is 1. The number of primary amides is 3. The molecule has 0 radical (unpaired) electrons. The molecule has 34 nitrogen and oxygen atoms in total. The van der Waals surface area contributed by atoms with Crippen molar-refractivity contribution in [3.8, 4) is 5.75 Å². The molecule has 22 N–H and O–H groups in total. The summed E-state index contributed by atoms with van der Waals surface area (Å²) in [5.41, 5.74) is 30.2. The van der Waals surface area contributed by atoms with E-state index in [1.807, 2.05) is 49.4 Å². The maximum absolute atomic E-state index is 16.4. The van der Waals surface area contributed by atoms with Gasteiger partial charge in [0.2, 0.25) is 70.9 Å². The predicted molar refractivity (Wildman–Crippen MR) is 483 cm³/mol. The van der Waals surface area contributed by atoms with Crippen LogP contribution >= 0.6 is 21.6 Å². The highest BCUT2D eigenvalue weighted by molar-refractivity contribution is 8.77. The summed E-state index contributed by atoms with van der Waals surface area (Å²) in [7, 11) is 1.95. The van der Waals surface area contributed by atoms with Crippen LogP contribution in [0.5, 0.6) is 5.75 Å². The number of nitrogens with two attached hydrogens (primary N) is 5. The number of fused-ring (bicyclic) bond motifs is 2. The van der Waals surface area contributed by atoms with E-state index in [0.717, 1.165) is 44.8 Å². The van der Waals surface area contributed by atoms with Crippen molar-refractivity contribution in [1.82, 2.24) is 58.2 Å². The van der Waals surface area contributed by atoms with Crippen molar-refractivity contribution in [2.45, 2.75) is 262 Å². The van der Waals surface area contributed by atoms with Gasteiger partial charge in [0, 0.05) is 117 Å². The van der Waals surface area contributed by atoms with Gasteiger partial charge in [-0.2, -0.15) is 0 Å². The Morgan fingerprint density at radius 3 is 1.90 bits per heavy atom. The van der Waals surface area contributed by atoms with Gasteiger partial charge in [-0.1, -0.05) is 114 Å². The lowest BCUT2D eigenvalue weighted by atomic mass is 9.77. The van der Waals surface area contributed by atoms with Crippen molar-refractivity contribution >= 4 is 137 Å². The summed E-state index contributed by atoms with van der Waals surface area (Å²) < 4.78 is 2.76. The van der Waals surface area contributed by atoms with E-state index in [1.54, 1.807) is 83.3 Å². The number of para-hydroxylation sites is 1. The van der Waals surface area contributed by atoms with E-state index in [0.29, 0.717) is 59.0 Å². The first-order valence-electron chi connectivity index (χ1n) is 43.0. The number of Topliss-reactive ketones (excluding diaryl/α,β-unsaturated/α-hetero) is 4. The summed E-state index contributed by atoms with van der Waals surface area (Å²) in [6.45, 7) is 16.1. The number of carbonyl (C=O) groups excluding carboxylic acids is 16. The van der Waals surface area contributed by atoms with Crippen molar-refractivity contribution in [2.75, 3.05) is 39.3 Å². The molecule has 1 aromatic heterocycles. The van der Waals surface area contributed by atoms with E-state index in [-0.39, 0.29) is 128 Å². The molecule has 6 rings (SSSR count). The summed E-state index contributed by atoms with van der Waals surface area (Å²) in [6.07, 6.45) is -1.75. The Kier molecular flexibility index (Phi) is 41.8. The molecule has 1 fully saturated rings. The van der Waals surface area contributed by atoms with E-state index in [4.69, 9.17) is 33.4 Å². The number of H-pyrrole nitrogens is 1. The number of aromatic amines is 1. The molecule has 0 saturated carbocycles. The second kappa shape index (κ2) is 50.6. The fourth-order valence-electron chi connectivity index (χ4n) is 15.1. The standard InChI is InChI=1S/C90H130N16O18S2/c1-52-20-19-23-65-63(51-98-77(52)65)47-70-84(120)100-68(33-34-75(94)115)83(119)106-79(88(6,7)125-126-89(8,9)80(99-56(5)110)86(122)101-67(25-13-14-26-74(93)114)82(118)105-78(54(3)108)85(121)103-70)72(112)48-62(42-57-28-31-64(32-29-57)124-41-38-92)81(117)102-69(44-58-27-30-60-21-11-12-22-61(60)43-58)73(113)49-90(10,36-16-17-37-91)87(123)104-66(24-15-18-39-97-55(4)109)71(111)45-59(46-76(95)116)50-96-40-35-53(2)107/h11-12,19-23,27-32,43,51,54,59,62,66-70,78-80,96,98,108H,13-18,24-26,33-42,44-50,91-92H2,1-10H3,(H2,93,114)(H2,94,115)(H2,95,116)(H,97,109)(H,99,110)(H,100,120)(H,101,122)(H,102,117)(H,103,121)(H,104,123)(H,105,118)(H,106,119)/t54-,59+,62-,66+,67+,68+,69+,70+,78+,79-,80-,90-/m1/s1. The first kappa shape index (κ1) is 104. The molecule has 0 bridgehead atoms. The van der Waals surface area contributed by atoms with Crippen LogP contribution in [-0.2, 0) is 96.0 Å². The second-order valence-corrected chi connectivity index (χ2v) is 37.6. The van der Waals surface area contributed by atoms with Crippen LogP contribution in [0.4, 0.5) is 0 Å². The summed E-state index contributed by atoms with van der Waals surface area (Å²) in [4.78, 5) is 232. The highest BCUT2D eigenvalue weighted by Crippen LogP contribution is 2.47. The lowest BCUT2D eigenvalue weighted by Crippen LogP contribution is -2.63. The number of aliphatic hydroxyl groups excluding tert-OH is 1. The Morgan fingerprint density at radius 1 is 0.603 bits per heavy atom. The Balaban J connectivity index is 1.53. The number of hydrogen-bond acceptors (Lipinski definition) is 23. The third kappa shape index (κ3) is 33.9. The molecule has 4 aromatic carbocycles. The van der Waals surface area contributed by atoms with Crippen LogP contribution in [0.25, 0.3) is 21.7 Å². The first-order chi connectivity index (χ1) is 59.5. The van der Waals surface area contributed by atoms with Crippen LogP contribution in [0.1, 0.15) is 194 Å². The van der Waals surface area contributed by atoms with Crippen LogP contribution in [0, 0.1) is 24.2 Å². The van der Waals surface area contributed by atoms with Gasteiger partial charge in [0.05, 0.1) is 23.6 Å². The average Bonchev–Trinajstić information content (AvgIpc) is 1.52. The third-order valence-corrected chi connectivity index (χ3v) is 26.5. The molecule has 1 saturated heterocycles. The summed E-state index contributed by atoms with van der Waals surface area (Å²) in [6, 6.07) is 12.2. The zero-order valence-electron chi connectivity index (χ0n) is 74.0. The molecule has 36 heteroatoms. The molecular formula is C90H130N16O18S2. The summed E-state index contributed by atoms with van der Waals surface area (Å²) in [5, 5.41) is 41.7. The number of benzene rings is 4. The number of unbranched alkanes of at least 4 members (excludes halogenated alkanes) is 3. The van der Waals surface area contributed by atoms with Crippen molar-refractivity contribution in [1.29, 1.82) is 0 Å². The van der Waals surface area contributed by atoms with Crippen LogP contribution in [0.2, 0.25) is 0 Å². The van der Waals surface area contributed by atoms with Crippen LogP contribution in [0.3, 0.4) is 0 Å². The lowest BCUT2D eigenvalue weighted by molar-refractivity contribution is -0.139. The number of aryl methyl sites for hydroxylation is 1. The molecule has 0 unspecified atom stereocenters. The van der Waals surface area contributed by atoms with Crippen molar-refractivity contribution < 1.29 is 86.6 Å². The SMILES string of the molecule is CC(=O)CCNC[C@H](CC(N)=O)CC(=O)[C@H](CCCCNC(C)=O)NC(=O)[C@](C)(CCCCN)CC(=O)[C@H](Cc1ccc2ccccc2c1)NC(=O)[C@@H](CC(=O)[C@H]1NC(=O)[C@H](CCC(N)=O)NC(=O)[C@H](Cc2c[nH]c3c(C)cccc23)NC(=O)[C@H]([C@@H](C)O)NC(=O)[C@H](CCCCC(N)=O)NC(=O)[C@@H](NC(C)=O)C(C)(C)SSC1(C)C)Cc1ccc(OCCN)cc1. The van der Waals surface area contributed by atoms with Gasteiger partial charge in [-0.25, -0.2) is 0 Å². The summed E-state index contributed by atoms with van der Waals surface area (Å²) in [5.74, 6) is -13.5. The number of aromatic nitrogens is 1. The molecule has 0 spiro atoms. The molecule has 690 valence electrons. The molecule has 5 aromatic rings. The number of carbonyl (C=O) groups is 16. The maximum Gasteiger partial charge on any atom is 0.245 e. The highest BCUT2D eigenvalue weighted by Gasteiger charge is 2.47. The maximum atomic E-state index is 16.4. The largest absolute Gasteiger partial charge is 0.492 e. The van der Waals surface area contributed by atoms with E-state index in [9.17, 15) is 48.3 Å². The second-order valence-electron chi connectivity index (χ2n) is 34.2. The first-order valence-corrected chi connectivity index (χ1v) is 45.2. The minimum absolute atomic E-state index is 0.0468. The molecule has 0 aliphatic carbocycles. The average molecular weight is 1790 g/mol. The number of amides is 12. The Hall–Kier alpha value is -10.7. The smallest absolute Gasteiger partial charge is 0.245 e. The van der Waals surface area contributed by atoms with E-state index < -0.39 is 189 Å². The fraction of sp³-hybridized carbons (Fsp3) is 0.556. The minimum Gasteiger partial charge on any atom is -0.492 e. The van der Waals surface area contributed by atoms with Crippen molar-refractivity contribution in [3.63, 3.8) is 0 Å². The van der Waals surface area contributed by atoms with Crippen LogP contribution < -0.4 is 86.6 Å². The Morgan fingerprint density at radius 2 is 1.25 bits per heavy atom. The Labute approximate surface area is 744 Å². The molecule has 126 heavy (non-hydrogen) atoms. The Bertz CT molecular complexity index is 4640. The molecular weight excluding hydrogens is 1660 g/mol. The van der Waals surface area contributed by atoms with Gasteiger partial charge < -0.3 is 96.7 Å². The van der Waals surface area contributed by atoms with E-state index in [2.05, 4.69) is 58.2 Å². The predicted octanol–water partition coefficient (Wildman–Crippen LogP) is 3.53. The van der Waals surface area contributed by atoms with Crippen molar-refractivity contribution in [3.05, 3.63) is 113 Å². The molecule has 1 aliphatic rings. The van der Waals surface area contributed by atoms with Gasteiger partial charge in [0.15, 0.2) is 17.3 Å². The van der Waals surface area contributed by atoms with Gasteiger partial charge >= 0.3 is 0 Å². The van der Waals surface area contributed by atoms with Crippen LogP contribution in [0.15, 0.2) is 91.1 Å². The van der Waals surface area contributed by atoms with Gasteiger partial charge in [-0.15, -0.1) is 0 Å². The monoisotopic (exact) mass is 1790 g/mol. The third-order valence-electron chi connectivity index (χ3n) is 22.2. The van der Waals surface area contributed by atoms with E-state index >= 15 is 33.6 Å². The normalized spacial score (nSPS) is 19.4. The number of nitrogens with one attached hydrogen (secondary N) is 11. The zero-order chi connectivity index (χ0) is 93.2. The number of ketones is 4. The molecule has 1 aliphatic heterocycles. The number of rotatable bonds is 48. The van der Waals surface area contributed by atoms with Crippen LogP contribution in [-0.4, -0.2) is 207 Å². The van der Waals surface area contributed by atoms with Gasteiger partial charge in [0.1, 0.15) is 54.4 Å². The highest BCUT2D eigenvalue weighted by atomic mass is 33.1. The summed E-state index contributed by atoms with van der Waals surface area (Å²) >= 11 is 0. The quantitative estimate of drug-likeness (QED) is 0.0196.